The van der Waals surface area contributed by atoms with Gasteiger partial charge < -0.3 is 15.4 Å². The first-order chi connectivity index (χ1) is 15.1. The van der Waals surface area contributed by atoms with E-state index in [-0.39, 0.29) is 36.2 Å². The minimum Gasteiger partial charge on any atom is -0.478 e. The molecule has 1 aliphatic heterocycles. The first kappa shape index (κ1) is 23.9. The van der Waals surface area contributed by atoms with Crippen molar-refractivity contribution in [2.75, 3.05) is 29.0 Å². The van der Waals surface area contributed by atoms with Crippen molar-refractivity contribution in [1.29, 1.82) is 0 Å². The predicted molar refractivity (Wildman–Crippen MR) is 125 cm³/mol. The monoisotopic (exact) mass is 479 g/mol. The highest BCUT2D eigenvalue weighted by Crippen LogP contribution is 2.36. The van der Waals surface area contributed by atoms with Gasteiger partial charge in [-0.05, 0) is 36.2 Å². The van der Waals surface area contributed by atoms with E-state index in [9.17, 15) is 18.0 Å². The van der Waals surface area contributed by atoms with E-state index in [0.29, 0.717) is 22.8 Å². The summed E-state index contributed by atoms with van der Waals surface area (Å²) in [6, 6.07) is 11.3. The highest BCUT2D eigenvalue weighted by molar-refractivity contribution is 7.92. The molecular formula is C22H26ClN3O5S. The fourth-order valence-electron chi connectivity index (χ4n) is 3.28. The van der Waals surface area contributed by atoms with E-state index in [2.05, 4.69) is 10.6 Å². The van der Waals surface area contributed by atoms with Crippen LogP contribution in [-0.4, -0.2) is 45.7 Å². The number of amides is 2. The first-order valence-corrected chi connectivity index (χ1v) is 12.4. The Morgan fingerprint density at radius 2 is 1.94 bits per heavy atom. The lowest BCUT2D eigenvalue weighted by Crippen LogP contribution is -2.36. The van der Waals surface area contributed by atoms with E-state index in [0.717, 1.165) is 6.26 Å². The molecule has 0 spiro atoms. The zero-order chi connectivity index (χ0) is 23.5. The summed E-state index contributed by atoms with van der Waals surface area (Å²) in [7, 11) is -3.61. The zero-order valence-corrected chi connectivity index (χ0v) is 19.7. The van der Waals surface area contributed by atoms with E-state index in [4.69, 9.17) is 16.3 Å². The van der Waals surface area contributed by atoms with E-state index < -0.39 is 22.0 Å². The summed E-state index contributed by atoms with van der Waals surface area (Å²) in [6.07, 6.45) is 0.241. The molecule has 0 bridgehead atoms. The van der Waals surface area contributed by atoms with E-state index in [1.807, 2.05) is 13.8 Å². The molecule has 3 rings (SSSR count). The number of benzene rings is 2. The lowest BCUT2D eigenvalue weighted by atomic mass is 10.1. The summed E-state index contributed by atoms with van der Waals surface area (Å²) in [5, 5.41) is 5.94. The van der Waals surface area contributed by atoms with E-state index >= 15 is 0 Å². The third-order valence-electron chi connectivity index (χ3n) is 4.85. The number of para-hydroxylation sites is 1. The lowest BCUT2D eigenvalue weighted by Gasteiger charge is -2.21. The van der Waals surface area contributed by atoms with Crippen LogP contribution in [-0.2, 0) is 14.8 Å². The minimum atomic E-state index is -3.61. The molecule has 2 aromatic rings. The van der Waals surface area contributed by atoms with Gasteiger partial charge in [-0.2, -0.15) is 0 Å². The largest absolute Gasteiger partial charge is 0.478 e. The molecule has 2 aromatic carbocycles. The standard InChI is InChI=1S/C22H26ClN3O5S/c1-14(2)13-24-21(27)16-6-4-5-7-17(16)25-22(28)20-10-11-26(32(3,29)30)18-12-15(23)8-9-19(18)31-20/h4-9,12,14,20H,10-11,13H2,1-3H3,(H,24,27)(H,25,28)/t20-/m1/s1. The molecule has 0 aliphatic carbocycles. The van der Waals surface area contributed by atoms with Crippen LogP contribution in [0.4, 0.5) is 11.4 Å². The van der Waals surface area contributed by atoms with E-state index in [1.165, 1.54) is 16.4 Å². The van der Waals surface area contributed by atoms with Crippen molar-refractivity contribution < 1.29 is 22.7 Å². The fraction of sp³-hybridized carbons (Fsp3) is 0.364. The molecule has 1 atom stereocenters. The van der Waals surface area contributed by atoms with E-state index in [1.54, 1.807) is 30.3 Å². The van der Waals surface area contributed by atoms with Gasteiger partial charge in [0.15, 0.2) is 6.10 Å². The lowest BCUT2D eigenvalue weighted by molar-refractivity contribution is -0.122. The minimum absolute atomic E-state index is 0.0424. The van der Waals surface area contributed by atoms with Crippen LogP contribution in [0.5, 0.6) is 5.75 Å². The Hall–Kier alpha value is -2.78. The number of rotatable bonds is 6. The topological polar surface area (TPSA) is 105 Å². The molecule has 172 valence electrons. The van der Waals surface area contributed by atoms with Gasteiger partial charge in [0.25, 0.3) is 11.8 Å². The SMILES string of the molecule is CC(C)CNC(=O)c1ccccc1NC(=O)[C@H]1CCN(S(C)(=O)=O)c2cc(Cl)ccc2O1. The number of ether oxygens (including phenoxy) is 1. The number of halogens is 1. The molecule has 1 aliphatic rings. The Labute approximate surface area is 192 Å². The van der Waals surface area contributed by atoms with Crippen LogP contribution in [0, 0.1) is 5.92 Å². The molecule has 0 saturated heterocycles. The molecule has 0 aromatic heterocycles. The Morgan fingerprint density at radius 1 is 1.22 bits per heavy atom. The number of anilines is 2. The molecular weight excluding hydrogens is 454 g/mol. The van der Waals surface area contributed by atoms with Crippen molar-refractivity contribution >= 4 is 44.8 Å². The van der Waals surface area contributed by atoms with Crippen LogP contribution in [0.15, 0.2) is 42.5 Å². The van der Waals surface area contributed by atoms with Gasteiger partial charge in [-0.3, -0.25) is 13.9 Å². The number of sulfonamides is 1. The van der Waals surface area contributed by atoms with Crippen LogP contribution in [0.3, 0.4) is 0 Å². The number of nitrogens with one attached hydrogen (secondary N) is 2. The molecule has 8 nitrogen and oxygen atoms in total. The summed E-state index contributed by atoms with van der Waals surface area (Å²) >= 11 is 6.05. The van der Waals surface area contributed by atoms with Crippen LogP contribution < -0.4 is 19.7 Å². The predicted octanol–water partition coefficient (Wildman–Crippen LogP) is 3.28. The van der Waals surface area contributed by atoms with Gasteiger partial charge in [-0.1, -0.05) is 37.6 Å². The average Bonchev–Trinajstić information content (AvgIpc) is 2.91. The second-order valence-corrected chi connectivity index (χ2v) is 10.3. The second-order valence-electron chi connectivity index (χ2n) is 7.98. The van der Waals surface area contributed by atoms with Gasteiger partial charge in [0.1, 0.15) is 5.75 Å². The quantitative estimate of drug-likeness (QED) is 0.661. The summed E-state index contributed by atoms with van der Waals surface area (Å²) in [4.78, 5) is 25.6. The van der Waals surface area contributed by atoms with Crippen LogP contribution in [0.1, 0.15) is 30.6 Å². The van der Waals surface area contributed by atoms with Gasteiger partial charge >= 0.3 is 0 Å². The third kappa shape index (κ3) is 5.72. The fourth-order valence-corrected chi connectivity index (χ4v) is 4.38. The third-order valence-corrected chi connectivity index (χ3v) is 6.26. The molecule has 0 radical (unpaired) electrons. The zero-order valence-electron chi connectivity index (χ0n) is 18.1. The highest BCUT2D eigenvalue weighted by Gasteiger charge is 2.32. The Morgan fingerprint density at radius 3 is 2.62 bits per heavy atom. The molecule has 32 heavy (non-hydrogen) atoms. The van der Waals surface area contributed by atoms with Gasteiger partial charge in [0.05, 0.1) is 23.2 Å². The summed E-state index contributed by atoms with van der Waals surface area (Å²) in [6.45, 7) is 4.53. The van der Waals surface area contributed by atoms with Gasteiger partial charge in [-0.25, -0.2) is 8.42 Å². The smallest absolute Gasteiger partial charge is 0.265 e. The second kappa shape index (κ2) is 9.79. The molecule has 2 N–H and O–H groups in total. The van der Waals surface area contributed by atoms with Gasteiger partial charge in [-0.15, -0.1) is 0 Å². The number of hydrogen-bond donors (Lipinski definition) is 2. The molecule has 1 heterocycles. The molecule has 0 unspecified atom stereocenters. The van der Waals surface area contributed by atoms with Crippen molar-refractivity contribution in [1.82, 2.24) is 5.32 Å². The molecule has 0 fully saturated rings. The Kier molecular flexibility index (Phi) is 7.30. The van der Waals surface area contributed by atoms with Gasteiger partial charge in [0.2, 0.25) is 10.0 Å². The summed E-state index contributed by atoms with van der Waals surface area (Å²) in [5.74, 6) is -0.253. The summed E-state index contributed by atoms with van der Waals surface area (Å²) < 4.78 is 31.6. The van der Waals surface area contributed by atoms with Gasteiger partial charge in [0, 0.05) is 24.5 Å². The van der Waals surface area contributed by atoms with Crippen molar-refractivity contribution in [2.45, 2.75) is 26.4 Å². The highest BCUT2D eigenvalue weighted by atomic mass is 35.5. The molecule has 2 amide bonds. The molecule has 10 heteroatoms. The van der Waals surface area contributed by atoms with Crippen LogP contribution in [0.25, 0.3) is 0 Å². The van der Waals surface area contributed by atoms with Crippen molar-refractivity contribution in [3.63, 3.8) is 0 Å². The maximum Gasteiger partial charge on any atom is 0.265 e. The number of fused-ring (bicyclic) bond motifs is 1. The number of hydrogen-bond acceptors (Lipinski definition) is 5. The first-order valence-electron chi connectivity index (χ1n) is 10.2. The van der Waals surface area contributed by atoms with Crippen molar-refractivity contribution in [2.24, 2.45) is 5.92 Å². The van der Waals surface area contributed by atoms with Crippen LogP contribution >= 0.6 is 11.6 Å². The van der Waals surface area contributed by atoms with Crippen LogP contribution in [0.2, 0.25) is 5.02 Å². The van der Waals surface area contributed by atoms with Crippen molar-refractivity contribution in [3.05, 3.63) is 53.1 Å². The number of carbonyl (C=O) groups is 2. The summed E-state index contributed by atoms with van der Waals surface area (Å²) in [5.41, 5.74) is 0.965. The number of nitrogens with zero attached hydrogens (tertiary/aromatic N) is 1. The normalized spacial score (nSPS) is 16.0. The number of carbonyl (C=O) groups excluding carboxylic acids is 2. The maximum absolute atomic E-state index is 13.0. The average molecular weight is 480 g/mol. The Bertz CT molecular complexity index is 1120. The Balaban J connectivity index is 1.83. The van der Waals surface area contributed by atoms with Crippen molar-refractivity contribution in [3.8, 4) is 5.75 Å². The molecule has 0 saturated carbocycles. The maximum atomic E-state index is 13.0.